The molecule has 0 unspecified atom stereocenters. The maximum atomic E-state index is 11.8. The number of aliphatic hydroxyl groups excluding tert-OH is 2. The molecule has 0 aromatic carbocycles. The Bertz CT molecular complexity index is 448. The van der Waals surface area contributed by atoms with Gasteiger partial charge in [0.1, 0.15) is 16.1 Å². The Hall–Kier alpha value is -1.05. The van der Waals surface area contributed by atoms with Crippen molar-refractivity contribution in [1.29, 1.82) is 0 Å². The zero-order valence-electron chi connectivity index (χ0n) is 12.9. The van der Waals surface area contributed by atoms with Gasteiger partial charge in [0.05, 0.1) is 13.2 Å². The fourth-order valence-electron chi connectivity index (χ4n) is 1.69. The van der Waals surface area contributed by atoms with E-state index in [9.17, 15) is 9.90 Å². The number of aromatic nitrogens is 2. The summed E-state index contributed by atoms with van der Waals surface area (Å²) in [6.45, 7) is 5.41. The average Bonchev–Trinajstić information content (AvgIpc) is 2.92. The maximum Gasteiger partial charge on any atom is 0.249 e. The van der Waals surface area contributed by atoms with Crippen molar-refractivity contribution in [2.75, 3.05) is 6.61 Å². The van der Waals surface area contributed by atoms with E-state index >= 15 is 0 Å². The lowest BCUT2D eigenvalue weighted by Crippen LogP contribution is -2.45. The number of hydrogen-bond donors (Lipinski definition) is 3. The molecule has 0 saturated carbocycles. The second-order valence-corrected chi connectivity index (χ2v) is 6.96. The molecule has 0 bridgehead atoms. The van der Waals surface area contributed by atoms with Gasteiger partial charge < -0.3 is 15.5 Å². The SMILES string of the molecule is CCCCCc1nnc(CNC(=O)[C@H](O)C(C)(C)CO)s1. The molecule has 1 rings (SSSR count). The molecule has 0 aliphatic rings. The number of nitrogens with zero attached hydrogens (tertiary/aromatic N) is 2. The Balaban J connectivity index is 2.43. The molecule has 0 spiro atoms. The average molecular weight is 315 g/mol. The molecule has 21 heavy (non-hydrogen) atoms. The van der Waals surface area contributed by atoms with Crippen LogP contribution in [0.3, 0.4) is 0 Å². The summed E-state index contributed by atoms with van der Waals surface area (Å²) in [5.41, 5.74) is -0.865. The molecule has 1 heterocycles. The van der Waals surface area contributed by atoms with Crippen molar-refractivity contribution in [2.45, 2.75) is 59.1 Å². The topological polar surface area (TPSA) is 95.3 Å². The molecule has 0 fully saturated rings. The summed E-state index contributed by atoms with van der Waals surface area (Å²) < 4.78 is 0. The Kier molecular flexibility index (Phi) is 7.21. The van der Waals surface area contributed by atoms with E-state index in [0.717, 1.165) is 22.9 Å². The van der Waals surface area contributed by atoms with Crippen LogP contribution in [-0.4, -0.2) is 39.0 Å². The molecule has 0 aliphatic carbocycles. The number of aryl methyl sites for hydroxylation is 1. The van der Waals surface area contributed by atoms with Crippen molar-refractivity contribution in [1.82, 2.24) is 15.5 Å². The minimum Gasteiger partial charge on any atom is -0.396 e. The fourth-order valence-corrected chi connectivity index (χ4v) is 2.51. The molecule has 0 saturated heterocycles. The Morgan fingerprint density at radius 1 is 1.33 bits per heavy atom. The minimum absolute atomic E-state index is 0.253. The van der Waals surface area contributed by atoms with Crippen molar-refractivity contribution >= 4 is 17.2 Å². The Labute approximate surface area is 129 Å². The summed E-state index contributed by atoms with van der Waals surface area (Å²) in [6.07, 6.45) is 3.11. The zero-order valence-corrected chi connectivity index (χ0v) is 13.7. The first kappa shape index (κ1) is 18.0. The number of rotatable bonds is 9. The van der Waals surface area contributed by atoms with E-state index in [1.54, 1.807) is 13.8 Å². The summed E-state index contributed by atoms with van der Waals surface area (Å²) in [5, 5.41) is 31.5. The highest BCUT2D eigenvalue weighted by Crippen LogP contribution is 2.20. The lowest BCUT2D eigenvalue weighted by molar-refractivity contribution is -0.137. The van der Waals surface area contributed by atoms with Crippen molar-refractivity contribution < 1.29 is 15.0 Å². The number of carbonyl (C=O) groups excluding carboxylic acids is 1. The van der Waals surface area contributed by atoms with Crippen molar-refractivity contribution in [3.05, 3.63) is 10.0 Å². The lowest BCUT2D eigenvalue weighted by atomic mass is 9.87. The molecular weight excluding hydrogens is 290 g/mol. The summed E-state index contributed by atoms with van der Waals surface area (Å²) in [6, 6.07) is 0. The first-order chi connectivity index (χ1) is 9.90. The van der Waals surface area contributed by atoms with E-state index in [4.69, 9.17) is 5.11 Å². The van der Waals surface area contributed by atoms with Gasteiger partial charge in [-0.2, -0.15) is 0 Å². The number of aliphatic hydroxyl groups is 2. The van der Waals surface area contributed by atoms with Crippen LogP contribution in [0.1, 0.15) is 50.0 Å². The second kappa shape index (κ2) is 8.41. The van der Waals surface area contributed by atoms with E-state index in [2.05, 4.69) is 22.4 Å². The molecule has 1 aromatic heterocycles. The summed E-state index contributed by atoms with van der Waals surface area (Å²) in [4.78, 5) is 11.8. The molecule has 1 aromatic rings. The predicted octanol–water partition coefficient (Wildman–Crippen LogP) is 1.27. The highest BCUT2D eigenvalue weighted by atomic mass is 32.1. The van der Waals surface area contributed by atoms with Crippen molar-refractivity contribution in [3.8, 4) is 0 Å². The zero-order chi connectivity index (χ0) is 15.9. The summed E-state index contributed by atoms with van der Waals surface area (Å²) >= 11 is 1.48. The van der Waals surface area contributed by atoms with E-state index < -0.39 is 17.4 Å². The molecule has 120 valence electrons. The van der Waals surface area contributed by atoms with Crippen LogP contribution in [0.25, 0.3) is 0 Å². The van der Waals surface area contributed by atoms with E-state index in [1.807, 2.05) is 0 Å². The smallest absolute Gasteiger partial charge is 0.249 e. The third-order valence-corrected chi connectivity index (χ3v) is 4.30. The molecule has 1 amide bonds. The standard InChI is InChI=1S/C14H25N3O3S/c1-4-5-6-7-10-16-17-11(21-10)8-15-13(20)12(19)14(2,3)9-18/h12,18-19H,4-9H2,1-3H3,(H,15,20)/t12-/m0/s1. The van der Waals surface area contributed by atoms with Crippen molar-refractivity contribution in [3.63, 3.8) is 0 Å². The van der Waals surface area contributed by atoms with E-state index in [1.165, 1.54) is 24.2 Å². The lowest BCUT2D eigenvalue weighted by Gasteiger charge is -2.26. The predicted molar refractivity (Wildman–Crippen MR) is 81.9 cm³/mol. The normalized spacial score (nSPS) is 13.2. The van der Waals surface area contributed by atoms with Crippen LogP contribution in [-0.2, 0) is 17.8 Å². The van der Waals surface area contributed by atoms with Crippen LogP contribution in [0.15, 0.2) is 0 Å². The second-order valence-electron chi connectivity index (χ2n) is 5.81. The molecule has 0 radical (unpaired) electrons. The molecule has 6 nitrogen and oxygen atoms in total. The number of amides is 1. The monoisotopic (exact) mass is 315 g/mol. The van der Waals surface area contributed by atoms with Gasteiger partial charge in [-0.05, 0) is 6.42 Å². The van der Waals surface area contributed by atoms with Crippen LogP contribution < -0.4 is 5.32 Å². The minimum atomic E-state index is -1.25. The molecular formula is C14H25N3O3S. The number of unbranched alkanes of at least 4 members (excludes halogenated alkanes) is 2. The largest absolute Gasteiger partial charge is 0.396 e. The van der Waals surface area contributed by atoms with E-state index in [0.29, 0.717) is 0 Å². The highest BCUT2D eigenvalue weighted by molar-refractivity contribution is 7.11. The van der Waals surface area contributed by atoms with Gasteiger partial charge in [0.15, 0.2) is 0 Å². The third kappa shape index (κ3) is 5.68. The van der Waals surface area contributed by atoms with Crippen LogP contribution in [0.5, 0.6) is 0 Å². The molecule has 3 N–H and O–H groups in total. The summed E-state index contributed by atoms with van der Waals surface area (Å²) in [7, 11) is 0. The number of carbonyl (C=O) groups is 1. The van der Waals surface area contributed by atoms with Gasteiger partial charge in [0.25, 0.3) is 0 Å². The van der Waals surface area contributed by atoms with Gasteiger partial charge in [-0.25, -0.2) is 0 Å². The highest BCUT2D eigenvalue weighted by Gasteiger charge is 2.32. The Morgan fingerprint density at radius 3 is 2.62 bits per heavy atom. The number of nitrogens with one attached hydrogen (secondary N) is 1. The molecule has 7 heteroatoms. The fraction of sp³-hybridized carbons (Fsp3) is 0.786. The molecule has 1 atom stereocenters. The van der Waals surface area contributed by atoms with Crippen LogP contribution in [0.2, 0.25) is 0 Å². The third-order valence-electron chi connectivity index (χ3n) is 3.31. The van der Waals surface area contributed by atoms with Crippen LogP contribution >= 0.6 is 11.3 Å². The van der Waals surface area contributed by atoms with Gasteiger partial charge >= 0.3 is 0 Å². The van der Waals surface area contributed by atoms with Gasteiger partial charge in [0, 0.05) is 11.8 Å². The quantitative estimate of drug-likeness (QED) is 0.596. The van der Waals surface area contributed by atoms with Crippen molar-refractivity contribution in [2.24, 2.45) is 5.41 Å². The first-order valence-corrected chi connectivity index (χ1v) is 8.10. The number of hydrogen-bond acceptors (Lipinski definition) is 6. The Morgan fingerprint density at radius 2 is 2.00 bits per heavy atom. The van der Waals surface area contributed by atoms with E-state index in [-0.39, 0.29) is 13.2 Å². The van der Waals surface area contributed by atoms with Gasteiger partial charge in [-0.1, -0.05) is 44.9 Å². The first-order valence-electron chi connectivity index (χ1n) is 7.28. The van der Waals surface area contributed by atoms with Gasteiger partial charge in [-0.15, -0.1) is 10.2 Å². The molecule has 0 aliphatic heterocycles. The van der Waals surface area contributed by atoms with Crippen LogP contribution in [0.4, 0.5) is 0 Å². The summed E-state index contributed by atoms with van der Waals surface area (Å²) in [5.74, 6) is -0.503. The van der Waals surface area contributed by atoms with Crippen LogP contribution in [0, 0.1) is 5.41 Å². The van der Waals surface area contributed by atoms with Gasteiger partial charge in [0.2, 0.25) is 5.91 Å². The van der Waals surface area contributed by atoms with Gasteiger partial charge in [-0.3, -0.25) is 4.79 Å². The maximum absolute atomic E-state index is 11.8.